The molecular formula is C29H32N4O2. The zero-order valence-corrected chi connectivity index (χ0v) is 20.1. The van der Waals surface area contributed by atoms with Gasteiger partial charge in [-0.3, -0.25) is 9.69 Å². The van der Waals surface area contributed by atoms with Crippen LogP contribution in [0.3, 0.4) is 0 Å². The Morgan fingerprint density at radius 1 is 0.943 bits per heavy atom. The average Bonchev–Trinajstić information content (AvgIpc) is 3.34. The molecule has 0 spiro atoms. The molecule has 1 unspecified atom stereocenters. The number of aromatic nitrogens is 1. The lowest BCUT2D eigenvalue weighted by Gasteiger charge is -2.35. The van der Waals surface area contributed by atoms with Crippen molar-refractivity contribution in [2.75, 3.05) is 51.3 Å². The predicted octanol–water partition coefficient (Wildman–Crippen LogP) is 4.25. The number of hydrogen-bond donors (Lipinski definition) is 2. The fourth-order valence-corrected chi connectivity index (χ4v) is 4.90. The van der Waals surface area contributed by atoms with Crippen molar-refractivity contribution in [1.82, 2.24) is 15.2 Å². The molecule has 2 N–H and O–H groups in total. The van der Waals surface area contributed by atoms with E-state index in [4.69, 9.17) is 4.74 Å². The normalized spacial score (nSPS) is 15.2. The lowest BCUT2D eigenvalue weighted by molar-refractivity contribution is -0.122. The lowest BCUT2D eigenvalue weighted by Crippen LogP contribution is -2.49. The van der Waals surface area contributed by atoms with Crippen LogP contribution in [-0.4, -0.2) is 62.2 Å². The topological polar surface area (TPSA) is 60.6 Å². The first-order valence-corrected chi connectivity index (χ1v) is 12.2. The number of nitrogens with one attached hydrogen (secondary N) is 2. The zero-order chi connectivity index (χ0) is 24.0. The molecule has 2 heterocycles. The van der Waals surface area contributed by atoms with Gasteiger partial charge in [-0.1, -0.05) is 48.5 Å². The first-order chi connectivity index (χ1) is 17.2. The Kier molecular flexibility index (Phi) is 7.00. The molecule has 0 radical (unpaired) electrons. The summed E-state index contributed by atoms with van der Waals surface area (Å²) in [5.74, 6) is 0.928. The molecule has 1 fully saturated rings. The van der Waals surface area contributed by atoms with E-state index in [-0.39, 0.29) is 11.8 Å². The third-order valence-electron chi connectivity index (χ3n) is 6.88. The number of fused-ring (bicyclic) bond motifs is 1. The Labute approximate surface area is 206 Å². The molecule has 1 aliphatic heterocycles. The minimum Gasteiger partial charge on any atom is -0.497 e. The molecule has 5 rings (SSSR count). The molecule has 35 heavy (non-hydrogen) atoms. The minimum absolute atomic E-state index is 0.0379. The second-order valence-electron chi connectivity index (χ2n) is 9.02. The number of H-pyrrole nitrogens is 1. The molecule has 1 aliphatic rings. The highest BCUT2D eigenvalue weighted by Gasteiger charge is 2.22. The van der Waals surface area contributed by atoms with Crippen LogP contribution in [0.15, 0.2) is 85.1 Å². The second-order valence-corrected chi connectivity index (χ2v) is 9.02. The summed E-state index contributed by atoms with van der Waals surface area (Å²) < 4.78 is 5.34. The molecule has 3 aromatic carbocycles. The summed E-state index contributed by atoms with van der Waals surface area (Å²) in [6.07, 6.45) is 2.06. The van der Waals surface area contributed by atoms with Crippen molar-refractivity contribution in [3.63, 3.8) is 0 Å². The third kappa shape index (κ3) is 5.33. The smallest absolute Gasteiger partial charge is 0.234 e. The number of anilines is 1. The summed E-state index contributed by atoms with van der Waals surface area (Å²) in [4.78, 5) is 20.9. The van der Waals surface area contributed by atoms with E-state index in [2.05, 4.69) is 80.9 Å². The van der Waals surface area contributed by atoms with Crippen molar-refractivity contribution in [1.29, 1.82) is 0 Å². The number of methoxy groups -OCH3 is 1. The summed E-state index contributed by atoms with van der Waals surface area (Å²) in [6.45, 7) is 4.59. The van der Waals surface area contributed by atoms with Crippen LogP contribution in [0.2, 0.25) is 0 Å². The van der Waals surface area contributed by atoms with Crippen molar-refractivity contribution < 1.29 is 9.53 Å². The van der Waals surface area contributed by atoms with Gasteiger partial charge in [-0.15, -0.1) is 0 Å². The highest BCUT2D eigenvalue weighted by Crippen LogP contribution is 2.31. The van der Waals surface area contributed by atoms with Crippen molar-refractivity contribution in [3.8, 4) is 5.75 Å². The number of amides is 1. The number of para-hydroxylation sites is 2. The molecule has 6 heteroatoms. The van der Waals surface area contributed by atoms with Crippen LogP contribution in [0.25, 0.3) is 10.9 Å². The maximum absolute atomic E-state index is 12.9. The van der Waals surface area contributed by atoms with Crippen molar-refractivity contribution >= 4 is 22.5 Å². The van der Waals surface area contributed by atoms with E-state index in [1.807, 2.05) is 24.3 Å². The third-order valence-corrected chi connectivity index (χ3v) is 6.88. The monoisotopic (exact) mass is 468 g/mol. The Morgan fingerprint density at radius 3 is 2.40 bits per heavy atom. The molecule has 1 atom stereocenters. The van der Waals surface area contributed by atoms with Gasteiger partial charge in [0.25, 0.3) is 0 Å². The minimum atomic E-state index is 0.0379. The number of aromatic amines is 1. The van der Waals surface area contributed by atoms with E-state index in [0.29, 0.717) is 13.1 Å². The predicted molar refractivity (Wildman–Crippen MR) is 141 cm³/mol. The van der Waals surface area contributed by atoms with Crippen molar-refractivity contribution in [2.45, 2.75) is 5.92 Å². The Balaban J connectivity index is 1.24. The van der Waals surface area contributed by atoms with E-state index < -0.39 is 0 Å². The molecule has 180 valence electrons. The van der Waals surface area contributed by atoms with Gasteiger partial charge in [-0.2, -0.15) is 0 Å². The lowest BCUT2D eigenvalue weighted by atomic mass is 9.90. The largest absolute Gasteiger partial charge is 0.497 e. The van der Waals surface area contributed by atoms with Crippen molar-refractivity contribution in [3.05, 3.63) is 96.2 Å². The van der Waals surface area contributed by atoms with Crippen LogP contribution in [0.5, 0.6) is 5.75 Å². The molecule has 0 aliphatic carbocycles. The number of hydrogen-bond acceptors (Lipinski definition) is 4. The van der Waals surface area contributed by atoms with Gasteiger partial charge >= 0.3 is 0 Å². The summed E-state index contributed by atoms with van der Waals surface area (Å²) in [5, 5.41) is 4.39. The van der Waals surface area contributed by atoms with E-state index >= 15 is 0 Å². The van der Waals surface area contributed by atoms with Gasteiger partial charge in [0.1, 0.15) is 5.75 Å². The standard InChI is InChI=1S/C29H32N4O2/c1-35-24-13-11-22(12-14-24)26(27-20-30-28-10-6-5-9-25(27)28)19-31-29(34)21-32-15-17-33(18-16-32)23-7-3-2-4-8-23/h2-14,20,26,30H,15-19,21H2,1H3,(H,31,34). The molecular weight excluding hydrogens is 436 g/mol. The van der Waals surface area contributed by atoms with Gasteiger partial charge in [0.2, 0.25) is 5.91 Å². The number of piperazine rings is 1. The van der Waals surface area contributed by atoms with E-state index in [9.17, 15) is 4.79 Å². The molecule has 0 bridgehead atoms. The van der Waals surface area contributed by atoms with Crippen LogP contribution in [0, 0.1) is 0 Å². The number of benzene rings is 3. The maximum atomic E-state index is 12.9. The first kappa shape index (κ1) is 23.0. The van der Waals surface area contributed by atoms with Gasteiger partial charge < -0.3 is 19.9 Å². The van der Waals surface area contributed by atoms with Crippen LogP contribution in [0.4, 0.5) is 5.69 Å². The molecule has 0 saturated carbocycles. The molecule has 1 amide bonds. The van der Waals surface area contributed by atoms with Crippen molar-refractivity contribution in [2.24, 2.45) is 0 Å². The Bertz CT molecular complexity index is 1240. The summed E-state index contributed by atoms with van der Waals surface area (Å²) >= 11 is 0. The number of rotatable bonds is 8. The highest BCUT2D eigenvalue weighted by molar-refractivity contribution is 5.84. The maximum Gasteiger partial charge on any atom is 0.234 e. The Morgan fingerprint density at radius 2 is 1.66 bits per heavy atom. The quantitative estimate of drug-likeness (QED) is 0.406. The SMILES string of the molecule is COc1ccc(C(CNC(=O)CN2CCN(c3ccccc3)CC2)c2c[nH]c3ccccc23)cc1. The van der Waals surface area contributed by atoms with E-state index in [1.165, 1.54) is 16.6 Å². The fourth-order valence-electron chi connectivity index (χ4n) is 4.90. The summed E-state index contributed by atoms with van der Waals surface area (Å²) in [5.41, 5.74) is 4.68. The van der Waals surface area contributed by atoms with Crippen LogP contribution < -0.4 is 15.0 Å². The first-order valence-electron chi connectivity index (χ1n) is 12.2. The fraction of sp³-hybridized carbons (Fsp3) is 0.276. The second kappa shape index (κ2) is 10.7. The van der Waals surface area contributed by atoms with E-state index in [0.717, 1.165) is 43.0 Å². The molecule has 4 aromatic rings. The molecule has 6 nitrogen and oxygen atoms in total. The average molecular weight is 469 g/mol. The summed E-state index contributed by atoms with van der Waals surface area (Å²) in [7, 11) is 1.67. The van der Waals surface area contributed by atoms with Gasteiger partial charge in [0, 0.05) is 61.4 Å². The summed E-state index contributed by atoms with van der Waals surface area (Å²) in [6, 6.07) is 26.9. The Hall–Kier alpha value is -3.77. The van der Waals surface area contributed by atoms with Crippen LogP contribution in [0.1, 0.15) is 17.0 Å². The van der Waals surface area contributed by atoms with Crippen LogP contribution >= 0.6 is 0 Å². The van der Waals surface area contributed by atoms with Crippen LogP contribution in [-0.2, 0) is 4.79 Å². The number of carbonyl (C=O) groups excluding carboxylic acids is 1. The number of carbonyl (C=O) groups is 1. The number of ether oxygens (including phenoxy) is 1. The molecule has 1 aromatic heterocycles. The van der Waals surface area contributed by atoms with Gasteiger partial charge in [-0.25, -0.2) is 0 Å². The van der Waals surface area contributed by atoms with E-state index in [1.54, 1.807) is 7.11 Å². The number of nitrogens with zero attached hydrogens (tertiary/aromatic N) is 2. The zero-order valence-electron chi connectivity index (χ0n) is 20.1. The van der Waals surface area contributed by atoms with Gasteiger partial charge in [-0.05, 0) is 41.5 Å². The van der Waals surface area contributed by atoms with Gasteiger partial charge in [0.15, 0.2) is 0 Å². The van der Waals surface area contributed by atoms with Gasteiger partial charge in [0.05, 0.1) is 13.7 Å². The highest BCUT2D eigenvalue weighted by atomic mass is 16.5. The molecule has 1 saturated heterocycles.